The number of hydrogen-bond acceptors (Lipinski definition) is 2. The molecule has 0 amide bonds. The van der Waals surface area contributed by atoms with Crippen LogP contribution in [0, 0.1) is 6.92 Å². The summed E-state index contributed by atoms with van der Waals surface area (Å²) in [4.78, 5) is 9.08. The molecule has 0 bridgehead atoms. The van der Waals surface area contributed by atoms with Gasteiger partial charge in [0.1, 0.15) is 5.82 Å². The summed E-state index contributed by atoms with van der Waals surface area (Å²) < 4.78 is 2.05. The van der Waals surface area contributed by atoms with Crippen LogP contribution in [0.25, 0.3) is 11.4 Å². The van der Waals surface area contributed by atoms with Gasteiger partial charge in [-0.25, -0.2) is 4.98 Å². The van der Waals surface area contributed by atoms with Crippen LogP contribution in [0.1, 0.15) is 37.8 Å². The van der Waals surface area contributed by atoms with Gasteiger partial charge in [0.2, 0.25) is 0 Å². The van der Waals surface area contributed by atoms with E-state index in [4.69, 9.17) is 0 Å². The molecule has 1 aromatic carbocycles. The predicted octanol–water partition coefficient (Wildman–Crippen LogP) is 4.52. The number of allylic oxidation sites excluding steroid dienone is 1. The minimum absolute atomic E-state index is 0.981. The smallest absolute Gasteiger partial charge is 0.139 e. The first-order valence-corrected chi connectivity index (χ1v) is 7.44. The van der Waals surface area contributed by atoms with E-state index in [-0.39, 0.29) is 0 Å². The molecule has 0 aliphatic rings. The van der Waals surface area contributed by atoms with E-state index in [1.807, 2.05) is 38.6 Å². The van der Waals surface area contributed by atoms with Crippen molar-refractivity contribution in [3.05, 3.63) is 54.0 Å². The zero-order valence-corrected chi connectivity index (χ0v) is 13.3. The molecule has 2 aromatic rings. The van der Waals surface area contributed by atoms with Crippen molar-refractivity contribution in [3.8, 4) is 11.4 Å². The number of aromatic nitrogens is 2. The Morgan fingerprint density at radius 2 is 2.19 bits per heavy atom. The van der Waals surface area contributed by atoms with Crippen LogP contribution in [0.15, 0.2) is 47.9 Å². The summed E-state index contributed by atoms with van der Waals surface area (Å²) >= 11 is 0. The van der Waals surface area contributed by atoms with E-state index in [2.05, 4.69) is 46.6 Å². The molecule has 0 aliphatic heterocycles. The summed E-state index contributed by atoms with van der Waals surface area (Å²) in [6.45, 7) is 6.33. The number of hydrogen-bond donors (Lipinski definition) is 0. The van der Waals surface area contributed by atoms with E-state index in [0.717, 1.165) is 24.4 Å². The zero-order valence-electron chi connectivity index (χ0n) is 13.3. The van der Waals surface area contributed by atoms with E-state index in [9.17, 15) is 0 Å². The Labute approximate surface area is 127 Å². The van der Waals surface area contributed by atoms with E-state index < -0.39 is 0 Å². The summed E-state index contributed by atoms with van der Waals surface area (Å²) in [5.74, 6) is 0.997. The molecule has 0 saturated heterocycles. The van der Waals surface area contributed by atoms with Crippen molar-refractivity contribution in [3.63, 3.8) is 0 Å². The summed E-state index contributed by atoms with van der Waals surface area (Å²) in [5, 5.41) is 0. The molecule has 0 atom stereocenters. The SMILES string of the molecule is C/C=C\N=C(CCC)c1cccc(-c2nccn2C)c1C. The lowest BCUT2D eigenvalue weighted by atomic mass is 9.96. The molecule has 0 radical (unpaired) electrons. The van der Waals surface area contributed by atoms with Crippen LogP contribution in [0.2, 0.25) is 0 Å². The second-order valence-electron chi connectivity index (χ2n) is 5.15. The molecule has 2 rings (SSSR count). The zero-order chi connectivity index (χ0) is 15.2. The van der Waals surface area contributed by atoms with Crippen molar-refractivity contribution < 1.29 is 0 Å². The van der Waals surface area contributed by atoms with Gasteiger partial charge in [0.05, 0.1) is 0 Å². The molecule has 0 N–H and O–H groups in total. The van der Waals surface area contributed by atoms with Gasteiger partial charge in [-0.1, -0.05) is 37.6 Å². The highest BCUT2D eigenvalue weighted by molar-refractivity contribution is 6.03. The number of aryl methyl sites for hydroxylation is 1. The first kappa shape index (κ1) is 15.2. The van der Waals surface area contributed by atoms with E-state index >= 15 is 0 Å². The van der Waals surface area contributed by atoms with E-state index in [1.165, 1.54) is 16.7 Å². The van der Waals surface area contributed by atoms with E-state index in [1.54, 1.807) is 0 Å². The van der Waals surface area contributed by atoms with Crippen molar-refractivity contribution in [1.29, 1.82) is 0 Å². The lowest BCUT2D eigenvalue weighted by molar-refractivity contribution is 0.923. The molecule has 0 aliphatic carbocycles. The van der Waals surface area contributed by atoms with Crippen LogP contribution in [-0.4, -0.2) is 15.3 Å². The lowest BCUT2D eigenvalue weighted by Gasteiger charge is -2.13. The van der Waals surface area contributed by atoms with Crippen molar-refractivity contribution in [2.45, 2.75) is 33.6 Å². The highest BCUT2D eigenvalue weighted by Gasteiger charge is 2.12. The van der Waals surface area contributed by atoms with Crippen LogP contribution >= 0.6 is 0 Å². The molecule has 1 heterocycles. The molecule has 0 saturated carbocycles. The maximum Gasteiger partial charge on any atom is 0.139 e. The molecule has 0 spiro atoms. The monoisotopic (exact) mass is 281 g/mol. The van der Waals surface area contributed by atoms with Gasteiger partial charge in [-0.2, -0.15) is 0 Å². The van der Waals surface area contributed by atoms with Gasteiger partial charge in [0, 0.05) is 36.9 Å². The lowest BCUT2D eigenvalue weighted by Crippen LogP contribution is -2.05. The van der Waals surface area contributed by atoms with Crippen molar-refractivity contribution in [2.24, 2.45) is 12.0 Å². The summed E-state index contributed by atoms with van der Waals surface area (Å²) in [6, 6.07) is 6.37. The number of benzene rings is 1. The van der Waals surface area contributed by atoms with Crippen LogP contribution in [0.3, 0.4) is 0 Å². The third-order valence-corrected chi connectivity index (χ3v) is 3.57. The molecule has 1 aromatic heterocycles. The topological polar surface area (TPSA) is 30.2 Å². The van der Waals surface area contributed by atoms with Crippen LogP contribution < -0.4 is 0 Å². The van der Waals surface area contributed by atoms with Crippen LogP contribution in [0.4, 0.5) is 0 Å². The largest absolute Gasteiger partial charge is 0.334 e. The van der Waals surface area contributed by atoms with Gasteiger partial charge in [-0.05, 0) is 31.4 Å². The van der Waals surface area contributed by atoms with Gasteiger partial charge in [-0.15, -0.1) is 0 Å². The Hall–Kier alpha value is -2.16. The standard InChI is InChI=1S/C18H23N3/c1-5-8-17(19-11-6-2)15-9-7-10-16(14(15)3)18-20-12-13-21(18)4/h6-7,9-13H,5,8H2,1-4H3/b11-6-,19-17?. The van der Waals surface area contributed by atoms with Crippen LogP contribution in [-0.2, 0) is 7.05 Å². The fourth-order valence-electron chi connectivity index (χ4n) is 2.49. The average Bonchev–Trinajstić information content (AvgIpc) is 2.90. The predicted molar refractivity (Wildman–Crippen MR) is 89.6 cm³/mol. The molecular formula is C18H23N3. The van der Waals surface area contributed by atoms with Crippen molar-refractivity contribution in [2.75, 3.05) is 0 Å². The van der Waals surface area contributed by atoms with Gasteiger partial charge < -0.3 is 4.57 Å². The molecule has 0 fully saturated rings. The normalized spacial score (nSPS) is 12.3. The van der Waals surface area contributed by atoms with Gasteiger partial charge in [0.25, 0.3) is 0 Å². The number of imidazole rings is 1. The maximum absolute atomic E-state index is 4.62. The Morgan fingerprint density at radius 1 is 1.38 bits per heavy atom. The highest BCUT2D eigenvalue weighted by atomic mass is 15.0. The Morgan fingerprint density at radius 3 is 2.81 bits per heavy atom. The Balaban J connectivity index is 2.53. The highest BCUT2D eigenvalue weighted by Crippen LogP contribution is 2.25. The minimum Gasteiger partial charge on any atom is -0.334 e. The van der Waals surface area contributed by atoms with Crippen LogP contribution in [0.5, 0.6) is 0 Å². The number of nitrogens with zero attached hydrogens (tertiary/aromatic N) is 3. The molecule has 3 nitrogen and oxygen atoms in total. The van der Waals surface area contributed by atoms with Crippen molar-refractivity contribution >= 4 is 5.71 Å². The fraction of sp³-hybridized carbons (Fsp3) is 0.333. The Kier molecular flexibility index (Phi) is 5.09. The first-order valence-electron chi connectivity index (χ1n) is 7.44. The number of rotatable bonds is 5. The van der Waals surface area contributed by atoms with Gasteiger partial charge in [-0.3, -0.25) is 4.99 Å². The third kappa shape index (κ3) is 3.30. The third-order valence-electron chi connectivity index (χ3n) is 3.57. The van der Waals surface area contributed by atoms with Crippen molar-refractivity contribution in [1.82, 2.24) is 9.55 Å². The summed E-state index contributed by atoms with van der Waals surface area (Å²) in [5.41, 5.74) is 4.77. The van der Waals surface area contributed by atoms with Gasteiger partial charge >= 0.3 is 0 Å². The minimum atomic E-state index is 0.981. The molecular weight excluding hydrogens is 258 g/mol. The number of aliphatic imine (C=N–C) groups is 1. The van der Waals surface area contributed by atoms with Gasteiger partial charge in [0.15, 0.2) is 0 Å². The second-order valence-corrected chi connectivity index (χ2v) is 5.15. The summed E-state index contributed by atoms with van der Waals surface area (Å²) in [6.07, 6.45) is 9.72. The second kappa shape index (κ2) is 7.02. The first-order chi connectivity index (χ1) is 10.2. The quantitative estimate of drug-likeness (QED) is 0.741. The Bertz CT molecular complexity index is 663. The average molecular weight is 281 g/mol. The van der Waals surface area contributed by atoms with E-state index in [0.29, 0.717) is 0 Å². The molecule has 3 heteroatoms. The molecule has 110 valence electrons. The molecule has 21 heavy (non-hydrogen) atoms. The fourth-order valence-corrected chi connectivity index (χ4v) is 2.49. The maximum atomic E-state index is 4.62. The molecule has 0 unspecified atom stereocenters. The summed E-state index contributed by atoms with van der Waals surface area (Å²) in [7, 11) is 2.02.